The number of nitrogens with zero attached hydrogens (tertiary/aromatic N) is 4. The van der Waals surface area contributed by atoms with Crippen molar-refractivity contribution in [1.29, 1.82) is 0 Å². The first-order valence-electron chi connectivity index (χ1n) is 12.6. The molecule has 2 aliphatic rings. The Bertz CT molecular complexity index is 1070. The zero-order valence-corrected chi connectivity index (χ0v) is 21.2. The molecule has 36 heavy (non-hydrogen) atoms. The van der Waals surface area contributed by atoms with Crippen molar-refractivity contribution < 1.29 is 19.1 Å². The van der Waals surface area contributed by atoms with E-state index in [2.05, 4.69) is 15.3 Å². The third-order valence-electron chi connectivity index (χ3n) is 6.40. The second kappa shape index (κ2) is 12.2. The zero-order valence-electron chi connectivity index (χ0n) is 20.5. The normalized spacial score (nSPS) is 16.4. The molecule has 1 aliphatic heterocycles. The molecule has 0 spiro atoms. The highest BCUT2D eigenvalue weighted by Crippen LogP contribution is 2.34. The minimum Gasteiger partial charge on any atom is -0.449 e. The third-order valence-corrected chi connectivity index (χ3v) is 6.60. The van der Waals surface area contributed by atoms with Gasteiger partial charge in [0.25, 0.3) is 5.91 Å². The fourth-order valence-electron chi connectivity index (χ4n) is 4.12. The topological polar surface area (TPSA) is 105 Å². The van der Waals surface area contributed by atoms with Crippen LogP contribution in [0.4, 0.5) is 4.79 Å². The van der Waals surface area contributed by atoms with Gasteiger partial charge in [-0.25, -0.2) is 14.8 Å². The Labute approximate surface area is 216 Å². The maximum atomic E-state index is 13.4. The summed E-state index contributed by atoms with van der Waals surface area (Å²) in [6.45, 7) is 4.05. The monoisotopic (exact) mass is 513 g/mol. The Morgan fingerprint density at radius 1 is 1.08 bits per heavy atom. The van der Waals surface area contributed by atoms with Crippen LogP contribution >= 0.6 is 11.6 Å². The van der Waals surface area contributed by atoms with Crippen molar-refractivity contribution in [2.75, 3.05) is 32.8 Å². The average molecular weight is 514 g/mol. The Morgan fingerprint density at radius 3 is 2.44 bits per heavy atom. The Hall–Kier alpha value is -3.20. The molecule has 2 fully saturated rings. The van der Waals surface area contributed by atoms with Crippen molar-refractivity contribution in [3.05, 3.63) is 47.2 Å². The van der Waals surface area contributed by atoms with E-state index in [1.54, 1.807) is 9.80 Å². The van der Waals surface area contributed by atoms with Gasteiger partial charge in [-0.3, -0.25) is 9.59 Å². The van der Waals surface area contributed by atoms with E-state index in [1.807, 2.05) is 37.3 Å². The Balaban J connectivity index is 1.40. The summed E-state index contributed by atoms with van der Waals surface area (Å²) in [4.78, 5) is 50.7. The quantitative estimate of drug-likeness (QED) is 0.404. The lowest BCUT2D eigenvalue weighted by atomic mass is 10.1. The summed E-state index contributed by atoms with van der Waals surface area (Å²) >= 11 is 6.19. The number of amides is 3. The molecule has 1 aromatic carbocycles. The van der Waals surface area contributed by atoms with Gasteiger partial charge in [0.15, 0.2) is 5.82 Å². The first kappa shape index (κ1) is 25.9. The lowest BCUT2D eigenvalue weighted by molar-refractivity contribution is -0.135. The molecule has 1 N–H and O–H groups in total. The van der Waals surface area contributed by atoms with E-state index in [-0.39, 0.29) is 22.8 Å². The van der Waals surface area contributed by atoms with Crippen LogP contribution in [0.25, 0.3) is 11.4 Å². The van der Waals surface area contributed by atoms with Crippen molar-refractivity contribution in [1.82, 2.24) is 25.1 Å². The molecule has 1 aliphatic carbocycles. The molecule has 1 saturated heterocycles. The van der Waals surface area contributed by atoms with Crippen LogP contribution in [0.1, 0.15) is 49.5 Å². The number of unbranched alkanes of at least 4 members (excludes halogenated alkanes) is 1. The van der Waals surface area contributed by atoms with Crippen LogP contribution in [-0.2, 0) is 9.53 Å². The van der Waals surface area contributed by atoms with E-state index in [1.165, 1.54) is 6.07 Å². The van der Waals surface area contributed by atoms with Gasteiger partial charge in [-0.05, 0) is 18.8 Å². The van der Waals surface area contributed by atoms with Crippen molar-refractivity contribution in [2.24, 2.45) is 5.92 Å². The number of benzene rings is 1. The van der Waals surface area contributed by atoms with Gasteiger partial charge in [0.05, 0.1) is 6.61 Å². The number of ether oxygens (including phenoxy) is 1. The van der Waals surface area contributed by atoms with Crippen LogP contribution in [0.3, 0.4) is 0 Å². The maximum Gasteiger partial charge on any atom is 0.409 e. The summed E-state index contributed by atoms with van der Waals surface area (Å²) in [6.07, 6.45) is 4.13. The summed E-state index contributed by atoms with van der Waals surface area (Å²) in [6, 6.07) is 10.0. The molecule has 10 heteroatoms. The zero-order chi connectivity index (χ0) is 25.5. The van der Waals surface area contributed by atoms with Crippen LogP contribution in [0.2, 0.25) is 5.15 Å². The lowest BCUT2D eigenvalue weighted by Gasteiger charge is -2.36. The van der Waals surface area contributed by atoms with Crippen LogP contribution < -0.4 is 5.32 Å². The van der Waals surface area contributed by atoms with E-state index in [9.17, 15) is 14.4 Å². The van der Waals surface area contributed by atoms with Crippen LogP contribution in [-0.4, -0.2) is 76.5 Å². The Kier molecular flexibility index (Phi) is 8.74. The number of hydrogen-bond donors (Lipinski definition) is 1. The fraction of sp³-hybridized carbons (Fsp3) is 0.500. The predicted molar refractivity (Wildman–Crippen MR) is 135 cm³/mol. The molecule has 9 nitrogen and oxygen atoms in total. The van der Waals surface area contributed by atoms with Crippen LogP contribution in [0.15, 0.2) is 36.4 Å². The molecule has 2 heterocycles. The molecule has 0 unspecified atom stereocenters. The summed E-state index contributed by atoms with van der Waals surface area (Å²) < 4.78 is 5.28. The molecule has 3 amide bonds. The summed E-state index contributed by atoms with van der Waals surface area (Å²) in [5, 5.41) is 3.05. The second-order valence-electron chi connectivity index (χ2n) is 9.25. The molecular weight excluding hydrogens is 482 g/mol. The molecule has 0 radical (unpaired) electrons. The molecular formula is C26H32ClN5O4. The van der Waals surface area contributed by atoms with Crippen molar-refractivity contribution in [3.8, 4) is 11.4 Å². The average Bonchev–Trinajstić information content (AvgIpc) is 3.72. The minimum absolute atomic E-state index is 0.113. The number of carbonyl (C=O) groups is 3. The summed E-state index contributed by atoms with van der Waals surface area (Å²) in [5.41, 5.74) is 0.854. The number of piperazine rings is 1. The molecule has 4 rings (SSSR count). The van der Waals surface area contributed by atoms with E-state index in [4.69, 9.17) is 16.3 Å². The number of hydrogen-bond acceptors (Lipinski definition) is 6. The predicted octanol–water partition coefficient (Wildman–Crippen LogP) is 3.78. The first-order valence-corrected chi connectivity index (χ1v) is 12.9. The number of halogens is 1. The van der Waals surface area contributed by atoms with E-state index in [0.717, 1.165) is 31.2 Å². The second-order valence-corrected chi connectivity index (χ2v) is 9.64. The van der Waals surface area contributed by atoms with Crippen molar-refractivity contribution in [2.45, 2.75) is 45.1 Å². The van der Waals surface area contributed by atoms with Crippen molar-refractivity contribution in [3.63, 3.8) is 0 Å². The lowest BCUT2D eigenvalue weighted by Crippen LogP contribution is -2.56. The van der Waals surface area contributed by atoms with Crippen LogP contribution in [0.5, 0.6) is 0 Å². The van der Waals surface area contributed by atoms with Gasteiger partial charge < -0.3 is 19.9 Å². The Morgan fingerprint density at radius 2 is 1.78 bits per heavy atom. The maximum absolute atomic E-state index is 13.4. The molecule has 1 aromatic heterocycles. The van der Waals surface area contributed by atoms with Crippen LogP contribution in [0, 0.1) is 5.92 Å². The van der Waals surface area contributed by atoms with Gasteiger partial charge >= 0.3 is 6.09 Å². The van der Waals surface area contributed by atoms with E-state index in [0.29, 0.717) is 50.9 Å². The molecule has 1 atom stereocenters. The number of nitrogens with one attached hydrogen (secondary N) is 1. The number of carbonyl (C=O) groups excluding carboxylic acids is 3. The highest BCUT2D eigenvalue weighted by atomic mass is 35.5. The molecule has 1 saturated carbocycles. The first-order chi connectivity index (χ1) is 17.4. The number of aromatic nitrogens is 2. The number of rotatable bonds is 9. The minimum atomic E-state index is -0.665. The fourth-order valence-corrected chi connectivity index (χ4v) is 4.30. The molecule has 2 aromatic rings. The van der Waals surface area contributed by atoms with Gasteiger partial charge in [0.1, 0.15) is 16.9 Å². The van der Waals surface area contributed by atoms with E-state index < -0.39 is 11.9 Å². The highest BCUT2D eigenvalue weighted by molar-refractivity contribution is 6.29. The summed E-state index contributed by atoms with van der Waals surface area (Å²) in [5.74, 6) is 0.162. The van der Waals surface area contributed by atoms with E-state index >= 15 is 0 Å². The molecule has 0 bridgehead atoms. The van der Waals surface area contributed by atoms with Gasteiger partial charge in [-0.1, -0.05) is 68.1 Å². The standard InChI is InChI=1S/C26H32ClN5O4/c1-2-3-15-36-26(35)32-13-11-31(12-14-32)25(34)21(16-18-9-10-18)29-24(33)20-17-22(27)30-23(28-20)19-7-5-4-6-8-19/h4-8,17-18,21H,2-3,9-16H2,1H3,(H,29,33)/t21-/m0/s1. The third kappa shape index (κ3) is 6.94. The van der Waals surface area contributed by atoms with Gasteiger partial charge in [-0.2, -0.15) is 0 Å². The molecule has 192 valence electrons. The largest absolute Gasteiger partial charge is 0.449 e. The smallest absolute Gasteiger partial charge is 0.409 e. The van der Waals surface area contributed by atoms with Gasteiger partial charge in [-0.15, -0.1) is 0 Å². The van der Waals surface area contributed by atoms with Gasteiger partial charge in [0, 0.05) is 37.8 Å². The van der Waals surface area contributed by atoms with Crippen molar-refractivity contribution >= 4 is 29.5 Å². The van der Waals surface area contributed by atoms with Gasteiger partial charge in [0.2, 0.25) is 5.91 Å². The summed E-state index contributed by atoms with van der Waals surface area (Å²) in [7, 11) is 0. The SMILES string of the molecule is CCCCOC(=O)N1CCN(C(=O)[C@H](CC2CC2)NC(=O)c2cc(Cl)nc(-c3ccccc3)n2)CC1. The highest BCUT2D eigenvalue weighted by Gasteiger charge is 2.35.